The zero-order valence-corrected chi connectivity index (χ0v) is 11.0. The Morgan fingerprint density at radius 3 is 3.06 bits per heavy atom. The van der Waals surface area contributed by atoms with Crippen molar-refractivity contribution >= 4 is 0 Å². The lowest BCUT2D eigenvalue weighted by molar-refractivity contribution is 0.170. The molecule has 96 valence electrons. The van der Waals surface area contributed by atoms with E-state index in [4.69, 9.17) is 4.42 Å². The number of hydrogen-bond donors (Lipinski definition) is 1. The molecule has 0 saturated carbocycles. The van der Waals surface area contributed by atoms with E-state index in [0.717, 1.165) is 12.5 Å². The number of nitrogens with zero attached hydrogens (tertiary/aromatic N) is 1. The first-order valence-corrected chi connectivity index (χ1v) is 6.78. The van der Waals surface area contributed by atoms with Crippen molar-refractivity contribution in [3.63, 3.8) is 0 Å². The van der Waals surface area contributed by atoms with Crippen molar-refractivity contribution in [2.24, 2.45) is 5.92 Å². The zero-order chi connectivity index (χ0) is 12.1. The average molecular weight is 236 g/mol. The second kappa shape index (κ2) is 6.22. The fourth-order valence-corrected chi connectivity index (χ4v) is 2.70. The monoisotopic (exact) mass is 236 g/mol. The van der Waals surface area contributed by atoms with Crippen LogP contribution in [0.25, 0.3) is 0 Å². The van der Waals surface area contributed by atoms with Gasteiger partial charge in [0.2, 0.25) is 0 Å². The van der Waals surface area contributed by atoms with Crippen molar-refractivity contribution in [2.75, 3.05) is 26.2 Å². The van der Waals surface area contributed by atoms with Crippen molar-refractivity contribution in [1.82, 2.24) is 10.2 Å². The Morgan fingerprint density at radius 1 is 1.59 bits per heavy atom. The third-order valence-electron chi connectivity index (χ3n) is 3.87. The molecule has 0 amide bonds. The molecule has 0 spiro atoms. The highest BCUT2D eigenvalue weighted by atomic mass is 16.3. The molecule has 1 N–H and O–H groups in total. The molecular weight excluding hydrogens is 212 g/mol. The van der Waals surface area contributed by atoms with Gasteiger partial charge in [-0.2, -0.15) is 0 Å². The van der Waals surface area contributed by atoms with Crippen LogP contribution >= 0.6 is 0 Å². The Kier molecular flexibility index (Phi) is 4.63. The van der Waals surface area contributed by atoms with Crippen LogP contribution in [0, 0.1) is 5.92 Å². The first-order valence-electron chi connectivity index (χ1n) is 6.78. The second-order valence-electron chi connectivity index (χ2n) is 5.03. The van der Waals surface area contributed by atoms with Crippen molar-refractivity contribution < 1.29 is 4.42 Å². The molecule has 1 fully saturated rings. The maximum atomic E-state index is 5.18. The van der Waals surface area contributed by atoms with Gasteiger partial charge in [0, 0.05) is 18.2 Å². The first kappa shape index (κ1) is 12.7. The highest BCUT2D eigenvalue weighted by Crippen LogP contribution is 2.23. The second-order valence-corrected chi connectivity index (χ2v) is 5.03. The molecule has 1 aromatic heterocycles. The number of hydrogen-bond acceptors (Lipinski definition) is 3. The summed E-state index contributed by atoms with van der Waals surface area (Å²) in [7, 11) is 0. The minimum Gasteiger partial charge on any atom is -0.472 e. The van der Waals surface area contributed by atoms with E-state index in [1.54, 1.807) is 6.26 Å². The molecular formula is C14H24N2O. The van der Waals surface area contributed by atoms with Crippen LogP contribution in [0.5, 0.6) is 0 Å². The Balaban J connectivity index is 1.91. The van der Waals surface area contributed by atoms with E-state index in [-0.39, 0.29) is 0 Å². The lowest BCUT2D eigenvalue weighted by atomic mass is 9.98. The maximum absolute atomic E-state index is 5.18. The molecule has 3 nitrogen and oxygen atoms in total. The van der Waals surface area contributed by atoms with Crippen molar-refractivity contribution in [1.29, 1.82) is 0 Å². The van der Waals surface area contributed by atoms with Crippen LogP contribution in [0.3, 0.4) is 0 Å². The van der Waals surface area contributed by atoms with Gasteiger partial charge in [0.15, 0.2) is 0 Å². The third kappa shape index (κ3) is 3.33. The summed E-state index contributed by atoms with van der Waals surface area (Å²) in [4.78, 5) is 2.54. The van der Waals surface area contributed by atoms with Gasteiger partial charge in [-0.1, -0.05) is 6.92 Å². The van der Waals surface area contributed by atoms with Gasteiger partial charge in [0.05, 0.1) is 12.5 Å². The van der Waals surface area contributed by atoms with Gasteiger partial charge in [0.25, 0.3) is 0 Å². The molecule has 17 heavy (non-hydrogen) atoms. The third-order valence-corrected chi connectivity index (χ3v) is 3.87. The Labute approximate surface area is 104 Å². The van der Waals surface area contributed by atoms with Crippen LogP contribution in [-0.4, -0.2) is 31.1 Å². The SMILES string of the molecule is CCN(CC1CCCNC1)C(C)c1ccoc1. The predicted octanol–water partition coefficient (Wildman–Crippen LogP) is 2.66. The normalized spacial score (nSPS) is 22.9. The molecule has 1 aliphatic rings. The molecule has 3 heteroatoms. The minimum atomic E-state index is 0.459. The summed E-state index contributed by atoms with van der Waals surface area (Å²) in [5.74, 6) is 0.804. The van der Waals surface area contributed by atoms with Crippen LogP contribution in [-0.2, 0) is 0 Å². The highest BCUT2D eigenvalue weighted by Gasteiger charge is 2.20. The zero-order valence-electron chi connectivity index (χ0n) is 11.0. The molecule has 2 atom stereocenters. The van der Waals surface area contributed by atoms with Crippen LogP contribution in [0.1, 0.15) is 38.3 Å². The van der Waals surface area contributed by atoms with Gasteiger partial charge in [-0.3, -0.25) is 4.90 Å². The lowest BCUT2D eigenvalue weighted by Gasteiger charge is -2.33. The van der Waals surface area contributed by atoms with Crippen LogP contribution in [0.4, 0.5) is 0 Å². The quantitative estimate of drug-likeness (QED) is 0.852. The number of rotatable bonds is 5. The summed E-state index contributed by atoms with van der Waals surface area (Å²) >= 11 is 0. The fourth-order valence-electron chi connectivity index (χ4n) is 2.70. The van der Waals surface area contributed by atoms with Crippen LogP contribution < -0.4 is 5.32 Å². The average Bonchev–Trinajstić information content (AvgIpc) is 2.90. The van der Waals surface area contributed by atoms with E-state index in [1.807, 2.05) is 6.26 Å². The van der Waals surface area contributed by atoms with Crippen molar-refractivity contribution in [2.45, 2.75) is 32.7 Å². The Hall–Kier alpha value is -0.800. The number of nitrogens with one attached hydrogen (secondary N) is 1. The van der Waals surface area contributed by atoms with E-state index in [9.17, 15) is 0 Å². The molecule has 1 saturated heterocycles. The summed E-state index contributed by atoms with van der Waals surface area (Å²) in [5, 5.41) is 3.49. The van der Waals surface area contributed by atoms with Gasteiger partial charge in [0.1, 0.15) is 0 Å². The molecule has 0 aromatic carbocycles. The molecule has 0 bridgehead atoms. The lowest BCUT2D eigenvalue weighted by Crippen LogP contribution is -2.39. The maximum Gasteiger partial charge on any atom is 0.0950 e. The van der Waals surface area contributed by atoms with Crippen LogP contribution in [0.15, 0.2) is 23.0 Å². The predicted molar refractivity (Wildman–Crippen MR) is 70.0 cm³/mol. The molecule has 2 heterocycles. The summed E-state index contributed by atoms with van der Waals surface area (Å²) in [6.07, 6.45) is 6.32. The minimum absolute atomic E-state index is 0.459. The molecule has 0 radical (unpaired) electrons. The number of piperidine rings is 1. The van der Waals surface area contributed by atoms with Crippen molar-refractivity contribution in [3.8, 4) is 0 Å². The summed E-state index contributed by atoms with van der Waals surface area (Å²) < 4.78 is 5.18. The van der Waals surface area contributed by atoms with E-state index >= 15 is 0 Å². The molecule has 0 aliphatic carbocycles. The van der Waals surface area contributed by atoms with Crippen LogP contribution in [0.2, 0.25) is 0 Å². The van der Waals surface area contributed by atoms with Gasteiger partial charge in [-0.05, 0) is 51.4 Å². The molecule has 1 aliphatic heterocycles. The topological polar surface area (TPSA) is 28.4 Å². The van der Waals surface area contributed by atoms with Gasteiger partial charge in [-0.25, -0.2) is 0 Å². The van der Waals surface area contributed by atoms with Crippen molar-refractivity contribution in [3.05, 3.63) is 24.2 Å². The largest absolute Gasteiger partial charge is 0.472 e. The molecule has 1 aromatic rings. The fraction of sp³-hybridized carbons (Fsp3) is 0.714. The summed E-state index contributed by atoms with van der Waals surface area (Å²) in [6, 6.07) is 2.53. The standard InChI is InChI=1S/C14H24N2O/c1-3-16(10-13-5-4-7-15-9-13)12(2)14-6-8-17-11-14/h6,8,11-13,15H,3-5,7,9-10H2,1-2H3. The molecule has 2 unspecified atom stereocenters. The smallest absolute Gasteiger partial charge is 0.0950 e. The van der Waals surface area contributed by atoms with E-state index in [0.29, 0.717) is 6.04 Å². The first-order chi connectivity index (χ1) is 8.31. The number of furan rings is 1. The van der Waals surface area contributed by atoms with Gasteiger partial charge in [-0.15, -0.1) is 0 Å². The Morgan fingerprint density at radius 2 is 2.47 bits per heavy atom. The van der Waals surface area contributed by atoms with E-state index < -0.39 is 0 Å². The summed E-state index contributed by atoms with van der Waals surface area (Å²) in [5.41, 5.74) is 1.29. The van der Waals surface area contributed by atoms with E-state index in [1.165, 1.54) is 38.0 Å². The van der Waals surface area contributed by atoms with Gasteiger partial charge >= 0.3 is 0 Å². The highest BCUT2D eigenvalue weighted by molar-refractivity contribution is 5.10. The Bertz CT molecular complexity index is 304. The van der Waals surface area contributed by atoms with Gasteiger partial charge < -0.3 is 9.73 Å². The molecule has 2 rings (SSSR count). The van der Waals surface area contributed by atoms with E-state index in [2.05, 4.69) is 30.1 Å². The summed E-state index contributed by atoms with van der Waals surface area (Å²) in [6.45, 7) is 9.17.